The maximum atomic E-state index is 12.5. The van der Waals surface area contributed by atoms with Gasteiger partial charge in [0, 0.05) is 56.6 Å². The highest BCUT2D eigenvalue weighted by molar-refractivity contribution is 5.93. The first kappa shape index (κ1) is 18.8. The molecule has 0 bridgehead atoms. The van der Waals surface area contributed by atoms with E-state index in [-0.39, 0.29) is 23.9 Å². The first-order valence-electron chi connectivity index (χ1n) is 9.78. The van der Waals surface area contributed by atoms with Crippen LogP contribution in [0.4, 0.5) is 0 Å². The summed E-state index contributed by atoms with van der Waals surface area (Å²) in [6.07, 6.45) is 5.89. The molecule has 0 aliphatic carbocycles. The molecule has 0 radical (unpaired) electrons. The molecule has 0 saturated carbocycles. The predicted molar refractivity (Wildman–Crippen MR) is 102 cm³/mol. The Labute approximate surface area is 163 Å². The van der Waals surface area contributed by atoms with Crippen molar-refractivity contribution in [2.75, 3.05) is 39.9 Å². The zero-order valence-corrected chi connectivity index (χ0v) is 16.1. The normalized spacial score (nSPS) is 23.2. The van der Waals surface area contributed by atoms with Gasteiger partial charge in [0.1, 0.15) is 0 Å². The van der Waals surface area contributed by atoms with Crippen LogP contribution in [0.2, 0.25) is 0 Å². The third kappa shape index (κ3) is 4.00. The van der Waals surface area contributed by atoms with Crippen molar-refractivity contribution in [3.8, 4) is 0 Å². The number of hydrogen-bond acceptors (Lipinski definition) is 6. The summed E-state index contributed by atoms with van der Waals surface area (Å²) in [5.41, 5.74) is 1.01. The molecular formula is C19H26N6O3. The van der Waals surface area contributed by atoms with Gasteiger partial charge < -0.3 is 15.0 Å². The second kappa shape index (κ2) is 8.24. The van der Waals surface area contributed by atoms with Crippen molar-refractivity contribution in [3.05, 3.63) is 30.2 Å². The minimum atomic E-state index is -0.202. The van der Waals surface area contributed by atoms with Gasteiger partial charge in [-0.15, -0.1) is 0 Å². The number of morpholine rings is 1. The average molecular weight is 386 g/mol. The molecule has 2 aromatic heterocycles. The molecule has 2 aliphatic rings. The zero-order valence-electron chi connectivity index (χ0n) is 16.1. The number of hydrogen-bond donors (Lipinski definition) is 1. The van der Waals surface area contributed by atoms with Crippen molar-refractivity contribution >= 4 is 17.5 Å². The van der Waals surface area contributed by atoms with Crippen molar-refractivity contribution in [2.45, 2.75) is 31.3 Å². The fourth-order valence-electron chi connectivity index (χ4n) is 3.97. The first-order chi connectivity index (χ1) is 13.6. The van der Waals surface area contributed by atoms with Crippen LogP contribution in [0.15, 0.2) is 24.5 Å². The standard InChI is InChI=1S/C19H26N6O3/c1-23-14(11-18(26)24-7-9-28-10-8-24)3-4-15(23)13-21-19(27)16-12-17-20-5-2-6-25(17)22-16/h2,5-6,12,14-15H,3-4,7-11,13H2,1H3,(H,21,27)/t14-,15+/m1/s1. The Hall–Kier alpha value is -2.52. The van der Waals surface area contributed by atoms with Crippen LogP contribution in [0.3, 0.4) is 0 Å². The summed E-state index contributed by atoms with van der Waals surface area (Å²) in [5, 5.41) is 7.22. The highest BCUT2D eigenvalue weighted by atomic mass is 16.5. The highest BCUT2D eigenvalue weighted by Crippen LogP contribution is 2.25. The molecule has 4 heterocycles. The van der Waals surface area contributed by atoms with E-state index in [1.165, 1.54) is 0 Å². The number of likely N-dealkylation sites (tertiary alicyclic amines) is 1. The van der Waals surface area contributed by atoms with E-state index in [1.807, 2.05) is 11.9 Å². The summed E-state index contributed by atoms with van der Waals surface area (Å²) >= 11 is 0. The Balaban J connectivity index is 1.28. The molecular weight excluding hydrogens is 360 g/mol. The maximum Gasteiger partial charge on any atom is 0.271 e. The van der Waals surface area contributed by atoms with Crippen LogP contribution >= 0.6 is 0 Å². The lowest BCUT2D eigenvalue weighted by Gasteiger charge is -2.30. The third-order valence-corrected chi connectivity index (χ3v) is 5.73. The molecule has 2 fully saturated rings. The van der Waals surface area contributed by atoms with E-state index in [2.05, 4.69) is 20.3 Å². The fraction of sp³-hybridized carbons (Fsp3) is 0.579. The summed E-state index contributed by atoms with van der Waals surface area (Å²) in [7, 11) is 2.04. The lowest BCUT2D eigenvalue weighted by Crippen LogP contribution is -2.45. The Morgan fingerprint density at radius 3 is 2.82 bits per heavy atom. The number of amides is 2. The molecule has 150 valence electrons. The number of fused-ring (bicyclic) bond motifs is 1. The largest absolute Gasteiger partial charge is 0.378 e. The summed E-state index contributed by atoms with van der Waals surface area (Å²) < 4.78 is 6.90. The predicted octanol–water partition coefficient (Wildman–Crippen LogP) is 0.171. The number of carbonyl (C=O) groups excluding carboxylic acids is 2. The monoisotopic (exact) mass is 386 g/mol. The van der Waals surface area contributed by atoms with Gasteiger partial charge in [0.15, 0.2) is 11.3 Å². The highest BCUT2D eigenvalue weighted by Gasteiger charge is 2.33. The van der Waals surface area contributed by atoms with Gasteiger partial charge in [-0.25, -0.2) is 9.50 Å². The van der Waals surface area contributed by atoms with Gasteiger partial charge in [0.05, 0.1) is 13.2 Å². The summed E-state index contributed by atoms with van der Waals surface area (Å²) in [6, 6.07) is 3.89. The first-order valence-corrected chi connectivity index (χ1v) is 9.78. The van der Waals surface area contributed by atoms with Gasteiger partial charge in [-0.1, -0.05) is 0 Å². The van der Waals surface area contributed by atoms with Gasteiger partial charge in [-0.3, -0.25) is 14.5 Å². The van der Waals surface area contributed by atoms with Crippen molar-refractivity contribution in [3.63, 3.8) is 0 Å². The average Bonchev–Trinajstić information content (AvgIpc) is 3.31. The summed E-state index contributed by atoms with van der Waals surface area (Å²) in [5.74, 6) is -0.00576. The van der Waals surface area contributed by atoms with Crippen LogP contribution in [0, 0.1) is 0 Å². The minimum absolute atomic E-state index is 0.196. The van der Waals surface area contributed by atoms with Crippen LogP contribution in [0.25, 0.3) is 5.65 Å². The minimum Gasteiger partial charge on any atom is -0.378 e. The van der Waals surface area contributed by atoms with Crippen molar-refractivity contribution in [2.24, 2.45) is 0 Å². The second-order valence-corrected chi connectivity index (χ2v) is 7.41. The molecule has 1 N–H and O–H groups in total. The number of ether oxygens (including phenoxy) is 1. The number of likely N-dealkylation sites (N-methyl/N-ethyl adjacent to an activating group) is 1. The number of nitrogens with zero attached hydrogens (tertiary/aromatic N) is 5. The Morgan fingerprint density at radius 2 is 2.04 bits per heavy atom. The third-order valence-electron chi connectivity index (χ3n) is 5.73. The smallest absolute Gasteiger partial charge is 0.271 e. The molecule has 28 heavy (non-hydrogen) atoms. The van der Waals surface area contributed by atoms with Gasteiger partial charge >= 0.3 is 0 Å². The number of carbonyl (C=O) groups is 2. The Morgan fingerprint density at radius 1 is 1.25 bits per heavy atom. The van der Waals surface area contributed by atoms with Crippen LogP contribution in [0.1, 0.15) is 29.8 Å². The van der Waals surface area contributed by atoms with Crippen molar-refractivity contribution in [1.82, 2.24) is 29.7 Å². The van der Waals surface area contributed by atoms with Crippen LogP contribution in [-0.2, 0) is 9.53 Å². The lowest BCUT2D eigenvalue weighted by atomic mass is 10.1. The van der Waals surface area contributed by atoms with E-state index >= 15 is 0 Å². The van der Waals surface area contributed by atoms with Crippen LogP contribution in [0.5, 0.6) is 0 Å². The van der Waals surface area contributed by atoms with Crippen LogP contribution in [-0.4, -0.2) is 88.2 Å². The van der Waals surface area contributed by atoms with E-state index in [4.69, 9.17) is 4.74 Å². The van der Waals surface area contributed by atoms with E-state index in [1.54, 1.807) is 29.0 Å². The van der Waals surface area contributed by atoms with Gasteiger partial charge in [0.2, 0.25) is 5.91 Å². The molecule has 9 nitrogen and oxygen atoms in total. The zero-order chi connectivity index (χ0) is 19.5. The molecule has 2 atom stereocenters. The topological polar surface area (TPSA) is 92.1 Å². The summed E-state index contributed by atoms with van der Waals surface area (Å²) in [6.45, 7) is 3.16. The molecule has 2 amide bonds. The van der Waals surface area contributed by atoms with Crippen molar-refractivity contribution < 1.29 is 14.3 Å². The van der Waals surface area contributed by atoms with Crippen LogP contribution < -0.4 is 5.32 Å². The molecule has 0 aromatic carbocycles. The van der Waals surface area contributed by atoms with Crippen molar-refractivity contribution in [1.29, 1.82) is 0 Å². The van der Waals surface area contributed by atoms with Gasteiger partial charge in [0.25, 0.3) is 5.91 Å². The quantitative estimate of drug-likeness (QED) is 0.788. The molecule has 2 aromatic rings. The van der Waals surface area contributed by atoms with E-state index in [9.17, 15) is 9.59 Å². The fourth-order valence-corrected chi connectivity index (χ4v) is 3.97. The second-order valence-electron chi connectivity index (χ2n) is 7.41. The molecule has 0 unspecified atom stereocenters. The summed E-state index contributed by atoms with van der Waals surface area (Å²) in [4.78, 5) is 33.2. The maximum absolute atomic E-state index is 12.5. The SMILES string of the molecule is CN1[C@@H](CC(=O)N2CCOCC2)CC[C@H]1CNC(=O)c1cc2ncccn2n1. The number of aromatic nitrogens is 3. The molecule has 2 saturated heterocycles. The Bertz CT molecular complexity index is 814. The van der Waals surface area contributed by atoms with E-state index in [0.29, 0.717) is 50.6 Å². The van der Waals surface area contributed by atoms with Gasteiger partial charge in [-0.05, 0) is 26.0 Å². The van der Waals surface area contributed by atoms with E-state index in [0.717, 1.165) is 12.8 Å². The number of rotatable bonds is 5. The number of nitrogens with one attached hydrogen (secondary N) is 1. The van der Waals surface area contributed by atoms with E-state index < -0.39 is 0 Å². The molecule has 9 heteroatoms. The Kier molecular flexibility index (Phi) is 5.54. The lowest BCUT2D eigenvalue weighted by molar-refractivity contribution is -0.136. The molecule has 4 rings (SSSR count). The molecule has 0 spiro atoms. The van der Waals surface area contributed by atoms with Gasteiger partial charge in [-0.2, -0.15) is 5.10 Å². The molecule has 2 aliphatic heterocycles.